The molecule has 1 saturated heterocycles. The summed E-state index contributed by atoms with van der Waals surface area (Å²) in [4.78, 5) is 9.94. The SMILES string of the molecule is CC1(C)CN(S(=O)(=O)c2c(Cl)cccc2[N+](=O)[O-])CCC1N.Cl. The third-order valence-electron chi connectivity index (χ3n) is 4.02. The van der Waals surface area contributed by atoms with Gasteiger partial charge in [0.05, 0.1) is 9.95 Å². The molecule has 0 spiro atoms. The maximum absolute atomic E-state index is 12.8. The Morgan fingerprint density at radius 2 is 2.04 bits per heavy atom. The quantitative estimate of drug-likeness (QED) is 0.636. The minimum Gasteiger partial charge on any atom is -0.327 e. The lowest BCUT2D eigenvalue weighted by Crippen LogP contribution is -2.53. The number of nitrogens with zero attached hydrogens (tertiary/aromatic N) is 2. The molecule has 130 valence electrons. The Labute approximate surface area is 146 Å². The first-order valence-corrected chi connectivity index (χ1v) is 8.58. The van der Waals surface area contributed by atoms with Crippen molar-refractivity contribution in [2.75, 3.05) is 13.1 Å². The molecule has 0 bridgehead atoms. The predicted octanol–water partition coefficient (Wildman–Crippen LogP) is 2.42. The van der Waals surface area contributed by atoms with Gasteiger partial charge in [-0.25, -0.2) is 8.42 Å². The summed E-state index contributed by atoms with van der Waals surface area (Å²) in [6.45, 7) is 4.16. The molecule has 1 aromatic carbocycles. The second-order valence-electron chi connectivity index (χ2n) is 6.07. The minimum atomic E-state index is -4.06. The van der Waals surface area contributed by atoms with E-state index < -0.39 is 30.9 Å². The number of hydrogen-bond donors (Lipinski definition) is 1. The molecule has 0 amide bonds. The molecule has 1 heterocycles. The number of hydrogen-bond acceptors (Lipinski definition) is 5. The van der Waals surface area contributed by atoms with Crippen LogP contribution in [0.15, 0.2) is 23.1 Å². The normalized spacial score (nSPS) is 21.5. The maximum atomic E-state index is 12.8. The van der Waals surface area contributed by atoms with Crippen LogP contribution in [0, 0.1) is 15.5 Å². The van der Waals surface area contributed by atoms with Crippen molar-refractivity contribution in [2.45, 2.75) is 31.2 Å². The van der Waals surface area contributed by atoms with Gasteiger partial charge in [-0.05, 0) is 17.9 Å². The van der Waals surface area contributed by atoms with E-state index in [0.717, 1.165) is 6.07 Å². The highest BCUT2D eigenvalue weighted by molar-refractivity contribution is 7.89. The van der Waals surface area contributed by atoms with E-state index >= 15 is 0 Å². The molecule has 1 atom stereocenters. The van der Waals surface area contributed by atoms with Crippen molar-refractivity contribution < 1.29 is 13.3 Å². The van der Waals surface area contributed by atoms with Gasteiger partial charge in [-0.2, -0.15) is 4.31 Å². The second kappa shape index (κ2) is 6.90. The Balaban J connectivity index is 0.00000264. The average molecular weight is 384 g/mol. The van der Waals surface area contributed by atoms with Crippen LogP contribution in [0.3, 0.4) is 0 Å². The smallest absolute Gasteiger partial charge is 0.290 e. The molecule has 0 saturated carbocycles. The highest BCUT2D eigenvalue weighted by Crippen LogP contribution is 2.37. The van der Waals surface area contributed by atoms with Crippen LogP contribution in [-0.4, -0.2) is 36.8 Å². The van der Waals surface area contributed by atoms with Crippen LogP contribution >= 0.6 is 24.0 Å². The number of benzene rings is 1. The third-order valence-corrected chi connectivity index (χ3v) is 6.38. The number of nitro groups is 1. The molecule has 0 radical (unpaired) electrons. The van der Waals surface area contributed by atoms with Gasteiger partial charge in [-0.15, -0.1) is 12.4 Å². The third kappa shape index (κ3) is 3.77. The van der Waals surface area contributed by atoms with Crippen molar-refractivity contribution in [1.82, 2.24) is 4.31 Å². The van der Waals surface area contributed by atoms with Crippen LogP contribution in [0.5, 0.6) is 0 Å². The standard InChI is InChI=1S/C13H18ClN3O4S.ClH/c1-13(2)8-16(7-6-11(13)15)22(20,21)12-9(14)4-3-5-10(12)17(18)19;/h3-5,11H,6-8,15H2,1-2H3;1H. The first kappa shape index (κ1) is 20.1. The van der Waals surface area contributed by atoms with Gasteiger partial charge in [-0.1, -0.05) is 31.5 Å². The fourth-order valence-electron chi connectivity index (χ4n) is 2.56. The fourth-order valence-corrected chi connectivity index (χ4v) is 4.85. The van der Waals surface area contributed by atoms with Crippen LogP contribution in [-0.2, 0) is 10.0 Å². The summed E-state index contributed by atoms with van der Waals surface area (Å²) in [5.41, 5.74) is 5.08. The van der Waals surface area contributed by atoms with Crippen LogP contribution in [0.2, 0.25) is 5.02 Å². The number of nitro benzene ring substituents is 1. The summed E-state index contributed by atoms with van der Waals surface area (Å²) in [5, 5.41) is 11.0. The molecular formula is C13H19Cl2N3O4S. The largest absolute Gasteiger partial charge is 0.327 e. The lowest BCUT2D eigenvalue weighted by molar-refractivity contribution is -0.387. The van der Waals surface area contributed by atoms with Crippen molar-refractivity contribution in [3.63, 3.8) is 0 Å². The molecule has 0 aliphatic carbocycles. The molecule has 2 rings (SSSR count). The number of sulfonamides is 1. The van der Waals surface area contributed by atoms with E-state index in [4.69, 9.17) is 17.3 Å². The Morgan fingerprint density at radius 1 is 1.43 bits per heavy atom. The van der Waals surface area contributed by atoms with E-state index in [1.165, 1.54) is 16.4 Å². The Hall–Kier alpha value is -0.930. The zero-order valence-electron chi connectivity index (χ0n) is 12.7. The predicted molar refractivity (Wildman–Crippen MR) is 90.5 cm³/mol. The summed E-state index contributed by atoms with van der Waals surface area (Å²) in [6, 6.07) is 3.71. The molecule has 10 heteroatoms. The van der Waals surface area contributed by atoms with Gasteiger partial charge in [0.15, 0.2) is 4.90 Å². The molecule has 1 unspecified atom stereocenters. The van der Waals surface area contributed by atoms with E-state index in [1.807, 2.05) is 13.8 Å². The summed E-state index contributed by atoms with van der Waals surface area (Å²) in [5.74, 6) is 0. The van der Waals surface area contributed by atoms with Gasteiger partial charge in [0.1, 0.15) is 0 Å². The summed E-state index contributed by atoms with van der Waals surface area (Å²) >= 11 is 5.94. The number of piperidine rings is 1. The topological polar surface area (TPSA) is 107 Å². The van der Waals surface area contributed by atoms with E-state index in [0.29, 0.717) is 6.42 Å². The van der Waals surface area contributed by atoms with Crippen molar-refractivity contribution in [3.8, 4) is 0 Å². The molecule has 23 heavy (non-hydrogen) atoms. The maximum Gasteiger partial charge on any atom is 0.290 e. The molecule has 1 aliphatic heterocycles. The lowest BCUT2D eigenvalue weighted by atomic mass is 9.81. The number of halogens is 2. The van der Waals surface area contributed by atoms with E-state index in [9.17, 15) is 18.5 Å². The van der Waals surface area contributed by atoms with Crippen LogP contribution in [0.25, 0.3) is 0 Å². The van der Waals surface area contributed by atoms with Gasteiger partial charge in [0.2, 0.25) is 0 Å². The Morgan fingerprint density at radius 3 is 2.57 bits per heavy atom. The van der Waals surface area contributed by atoms with Gasteiger partial charge in [0, 0.05) is 25.2 Å². The van der Waals surface area contributed by atoms with Gasteiger partial charge >= 0.3 is 0 Å². The number of nitrogens with two attached hydrogens (primary N) is 1. The monoisotopic (exact) mass is 383 g/mol. The highest BCUT2D eigenvalue weighted by Gasteiger charge is 2.41. The first-order chi connectivity index (χ1) is 10.1. The van der Waals surface area contributed by atoms with Gasteiger partial charge in [-0.3, -0.25) is 10.1 Å². The van der Waals surface area contributed by atoms with Crippen molar-refractivity contribution >= 4 is 39.7 Å². The Bertz CT molecular complexity index is 709. The fraction of sp³-hybridized carbons (Fsp3) is 0.538. The summed E-state index contributed by atoms with van der Waals surface area (Å²) in [6.07, 6.45) is 0.491. The molecule has 1 fully saturated rings. The van der Waals surface area contributed by atoms with Crippen LogP contribution < -0.4 is 5.73 Å². The molecule has 2 N–H and O–H groups in total. The Kier molecular flexibility index (Phi) is 6.04. The average Bonchev–Trinajstić information content (AvgIpc) is 2.40. The highest BCUT2D eigenvalue weighted by atomic mass is 35.5. The molecule has 0 aromatic heterocycles. The zero-order valence-corrected chi connectivity index (χ0v) is 15.1. The number of rotatable bonds is 3. The van der Waals surface area contributed by atoms with E-state index in [2.05, 4.69) is 0 Å². The minimum absolute atomic E-state index is 0. The molecule has 7 nitrogen and oxygen atoms in total. The molecular weight excluding hydrogens is 365 g/mol. The summed E-state index contributed by atoms with van der Waals surface area (Å²) in [7, 11) is -4.06. The van der Waals surface area contributed by atoms with Crippen molar-refractivity contribution in [3.05, 3.63) is 33.3 Å². The van der Waals surface area contributed by atoms with Crippen molar-refractivity contribution in [2.24, 2.45) is 11.1 Å². The zero-order chi connectivity index (χ0) is 16.7. The van der Waals surface area contributed by atoms with Crippen LogP contribution in [0.4, 0.5) is 5.69 Å². The van der Waals surface area contributed by atoms with E-state index in [-0.39, 0.29) is 36.6 Å². The first-order valence-electron chi connectivity index (χ1n) is 6.76. The van der Waals surface area contributed by atoms with Gasteiger partial charge in [0.25, 0.3) is 15.7 Å². The lowest BCUT2D eigenvalue weighted by Gasteiger charge is -2.41. The molecule has 1 aromatic rings. The van der Waals surface area contributed by atoms with E-state index in [1.54, 1.807) is 0 Å². The van der Waals surface area contributed by atoms with Gasteiger partial charge < -0.3 is 5.73 Å². The van der Waals surface area contributed by atoms with Crippen molar-refractivity contribution in [1.29, 1.82) is 0 Å². The van der Waals surface area contributed by atoms with Crippen LogP contribution in [0.1, 0.15) is 20.3 Å². The molecule has 1 aliphatic rings. The second-order valence-corrected chi connectivity index (χ2v) is 8.35. The summed E-state index contributed by atoms with van der Waals surface area (Å²) < 4.78 is 26.9.